The van der Waals surface area contributed by atoms with Crippen molar-refractivity contribution in [2.75, 3.05) is 20.3 Å². The molecule has 8 unspecified atom stereocenters. The first-order chi connectivity index (χ1) is 20.5. The van der Waals surface area contributed by atoms with Gasteiger partial charge in [-0.2, -0.15) is 0 Å². The molecule has 0 spiro atoms. The van der Waals surface area contributed by atoms with Crippen molar-refractivity contribution in [1.29, 1.82) is 0 Å². The molecule has 10 heteroatoms. The predicted octanol–water partition coefficient (Wildman–Crippen LogP) is 2.49. The molecule has 4 aliphatic rings. The van der Waals surface area contributed by atoms with Gasteiger partial charge in [0.15, 0.2) is 12.4 Å². The quantitative estimate of drug-likeness (QED) is 0.250. The SMILES string of the molecule is COC(=O)C(Cc1ccccc1)NC(=O)CON=C1C=C2CCC3C(C(O)CC4(C)C3CCC4(O)C(=O)CO)C2(C)CC1. The Hall–Kier alpha value is -3.08. The smallest absolute Gasteiger partial charge is 0.328 e. The highest BCUT2D eigenvalue weighted by molar-refractivity contribution is 5.96. The molecule has 1 amide bonds. The number of ether oxygens (including phenoxy) is 1. The van der Waals surface area contributed by atoms with Gasteiger partial charge < -0.3 is 30.2 Å². The number of allylic oxidation sites excluding steroid dienone is 2. The fraction of sp³-hybridized carbons (Fsp3) is 0.636. The van der Waals surface area contributed by atoms with Crippen LogP contribution in [0.2, 0.25) is 0 Å². The number of oxime groups is 1. The largest absolute Gasteiger partial charge is 0.467 e. The van der Waals surface area contributed by atoms with E-state index in [0.29, 0.717) is 32.1 Å². The van der Waals surface area contributed by atoms with Crippen LogP contribution in [-0.2, 0) is 30.4 Å². The monoisotopic (exact) mass is 596 g/mol. The van der Waals surface area contributed by atoms with Crippen LogP contribution in [-0.4, -0.2) is 76.8 Å². The van der Waals surface area contributed by atoms with E-state index in [9.17, 15) is 29.7 Å². The van der Waals surface area contributed by atoms with E-state index in [1.807, 2.05) is 43.3 Å². The Labute approximate surface area is 252 Å². The number of fused-ring (bicyclic) bond motifs is 5. The Morgan fingerprint density at radius 3 is 2.56 bits per heavy atom. The van der Waals surface area contributed by atoms with Gasteiger partial charge in [0.2, 0.25) is 0 Å². The van der Waals surface area contributed by atoms with E-state index < -0.39 is 47.4 Å². The molecule has 4 aliphatic carbocycles. The van der Waals surface area contributed by atoms with E-state index in [2.05, 4.69) is 17.4 Å². The third kappa shape index (κ3) is 5.53. The van der Waals surface area contributed by atoms with Gasteiger partial charge in [0.1, 0.15) is 18.2 Å². The van der Waals surface area contributed by atoms with E-state index >= 15 is 0 Å². The van der Waals surface area contributed by atoms with Gasteiger partial charge in [0.25, 0.3) is 5.91 Å². The third-order valence-electron chi connectivity index (χ3n) is 11.1. The van der Waals surface area contributed by atoms with Crippen molar-refractivity contribution < 1.29 is 39.3 Å². The predicted molar refractivity (Wildman–Crippen MR) is 158 cm³/mol. The Kier molecular flexibility index (Phi) is 8.84. The van der Waals surface area contributed by atoms with Crippen LogP contribution in [0.25, 0.3) is 0 Å². The number of nitrogens with zero attached hydrogens (tertiary/aromatic N) is 1. The molecule has 0 bridgehead atoms. The number of methoxy groups -OCH3 is 1. The molecule has 0 aliphatic heterocycles. The van der Waals surface area contributed by atoms with Crippen molar-refractivity contribution >= 4 is 23.4 Å². The van der Waals surface area contributed by atoms with E-state index in [1.54, 1.807) is 0 Å². The Morgan fingerprint density at radius 2 is 1.86 bits per heavy atom. The minimum absolute atomic E-state index is 0.00901. The number of amides is 1. The summed E-state index contributed by atoms with van der Waals surface area (Å²) in [5.41, 5.74) is 0.181. The minimum Gasteiger partial charge on any atom is -0.467 e. The number of carbonyl (C=O) groups is 3. The number of rotatable bonds is 9. The summed E-state index contributed by atoms with van der Waals surface area (Å²) in [6, 6.07) is 8.51. The Balaban J connectivity index is 1.23. The van der Waals surface area contributed by atoms with Crippen molar-refractivity contribution in [1.82, 2.24) is 5.32 Å². The van der Waals surface area contributed by atoms with Crippen molar-refractivity contribution in [3.63, 3.8) is 0 Å². The summed E-state index contributed by atoms with van der Waals surface area (Å²) in [5, 5.41) is 39.4. The van der Waals surface area contributed by atoms with Gasteiger partial charge >= 0.3 is 5.97 Å². The minimum atomic E-state index is -1.61. The summed E-state index contributed by atoms with van der Waals surface area (Å²) >= 11 is 0. The summed E-state index contributed by atoms with van der Waals surface area (Å²) in [4.78, 5) is 42.9. The van der Waals surface area contributed by atoms with E-state index in [4.69, 9.17) is 9.57 Å². The average molecular weight is 597 g/mol. The lowest BCUT2D eigenvalue weighted by molar-refractivity contribution is -0.181. The van der Waals surface area contributed by atoms with Gasteiger partial charge in [-0.1, -0.05) is 54.9 Å². The molecule has 43 heavy (non-hydrogen) atoms. The topological polar surface area (TPSA) is 155 Å². The van der Waals surface area contributed by atoms with Crippen LogP contribution in [0.4, 0.5) is 0 Å². The molecule has 10 nitrogen and oxygen atoms in total. The van der Waals surface area contributed by atoms with Crippen LogP contribution in [0, 0.1) is 28.6 Å². The second-order valence-corrected chi connectivity index (χ2v) is 13.3. The van der Waals surface area contributed by atoms with Gasteiger partial charge in [0.05, 0.1) is 18.9 Å². The molecule has 8 atom stereocenters. The fourth-order valence-electron chi connectivity index (χ4n) is 8.96. The molecule has 0 heterocycles. The van der Waals surface area contributed by atoms with Crippen molar-refractivity contribution in [2.24, 2.45) is 33.7 Å². The molecule has 3 saturated carbocycles. The van der Waals surface area contributed by atoms with Gasteiger partial charge in [-0.15, -0.1) is 0 Å². The molecule has 5 rings (SSSR count). The zero-order valence-electron chi connectivity index (χ0n) is 25.3. The molecule has 0 saturated heterocycles. The van der Waals surface area contributed by atoms with Gasteiger partial charge in [-0.25, -0.2) is 4.79 Å². The maximum absolute atomic E-state index is 12.6. The van der Waals surface area contributed by atoms with Crippen molar-refractivity contribution in [2.45, 2.75) is 83.0 Å². The summed E-state index contributed by atoms with van der Waals surface area (Å²) in [6.45, 7) is 3.08. The van der Waals surface area contributed by atoms with Crippen LogP contribution < -0.4 is 5.32 Å². The van der Waals surface area contributed by atoms with E-state index in [-0.39, 0.29) is 29.8 Å². The number of hydrogen-bond acceptors (Lipinski definition) is 9. The highest BCUT2D eigenvalue weighted by atomic mass is 16.6. The lowest BCUT2D eigenvalue weighted by atomic mass is 9.45. The van der Waals surface area contributed by atoms with Gasteiger partial charge in [-0.3, -0.25) is 9.59 Å². The molecule has 1 aromatic carbocycles. The van der Waals surface area contributed by atoms with Gasteiger partial charge in [-0.05, 0) is 79.8 Å². The lowest BCUT2D eigenvalue weighted by Crippen LogP contribution is -2.62. The summed E-state index contributed by atoms with van der Waals surface area (Å²) in [6.07, 6.45) is 6.00. The first-order valence-corrected chi connectivity index (χ1v) is 15.3. The van der Waals surface area contributed by atoms with Crippen LogP contribution in [0.5, 0.6) is 0 Å². The van der Waals surface area contributed by atoms with Gasteiger partial charge in [0, 0.05) is 11.8 Å². The first kappa shape index (κ1) is 31.3. The Bertz CT molecular complexity index is 1300. The second-order valence-electron chi connectivity index (χ2n) is 13.3. The molecule has 1 aromatic rings. The van der Waals surface area contributed by atoms with E-state index in [1.165, 1.54) is 12.7 Å². The van der Waals surface area contributed by atoms with Crippen molar-refractivity contribution in [3.05, 3.63) is 47.5 Å². The fourth-order valence-corrected chi connectivity index (χ4v) is 8.96. The number of aliphatic hydroxyl groups excluding tert-OH is 2. The average Bonchev–Trinajstić information content (AvgIpc) is 3.26. The zero-order chi connectivity index (χ0) is 31.0. The molecular formula is C33H44N2O8. The molecule has 0 radical (unpaired) electrons. The number of aliphatic hydroxyl groups is 3. The molecule has 234 valence electrons. The second kappa shape index (κ2) is 12.1. The number of hydrogen-bond donors (Lipinski definition) is 4. The van der Waals surface area contributed by atoms with Crippen LogP contribution in [0.3, 0.4) is 0 Å². The van der Waals surface area contributed by atoms with Crippen LogP contribution in [0.1, 0.15) is 64.4 Å². The molecule has 3 fully saturated rings. The van der Waals surface area contributed by atoms with Crippen molar-refractivity contribution in [3.8, 4) is 0 Å². The molecule has 0 aromatic heterocycles. The Morgan fingerprint density at radius 1 is 1.12 bits per heavy atom. The first-order valence-electron chi connectivity index (χ1n) is 15.3. The summed E-state index contributed by atoms with van der Waals surface area (Å²) in [7, 11) is 1.28. The zero-order valence-corrected chi connectivity index (χ0v) is 25.3. The van der Waals surface area contributed by atoms with E-state index in [0.717, 1.165) is 30.5 Å². The summed E-state index contributed by atoms with van der Waals surface area (Å²) in [5.74, 6) is -1.32. The standard InChI is InChI=1S/C33H44N2O8/c1-31-13-11-22(35-43-19-28(39)34-25(30(40)42-3)15-20-7-5-4-6-8-20)16-21(31)9-10-23-24-12-14-33(41,27(38)18-36)32(24,2)17-26(37)29(23)31/h4-8,16,23-26,29,36-37,41H,9-15,17-19H2,1-3H3,(H,34,39). The molecule has 4 N–H and O–H groups in total. The van der Waals surface area contributed by atoms with Crippen LogP contribution in [0.15, 0.2) is 47.1 Å². The molecular weight excluding hydrogens is 552 g/mol. The highest BCUT2D eigenvalue weighted by Gasteiger charge is 2.68. The number of esters is 1. The number of carbonyl (C=O) groups excluding carboxylic acids is 3. The third-order valence-corrected chi connectivity index (χ3v) is 11.1. The highest BCUT2D eigenvalue weighted by Crippen LogP contribution is 2.67. The number of benzene rings is 1. The van der Waals surface area contributed by atoms with Crippen LogP contribution >= 0.6 is 0 Å². The summed E-state index contributed by atoms with van der Waals surface area (Å²) < 4.78 is 4.86. The maximum atomic E-state index is 12.6. The normalized spacial score (nSPS) is 36.4. The maximum Gasteiger partial charge on any atom is 0.328 e. The number of nitrogens with one attached hydrogen (secondary N) is 1. The number of ketones is 1. The lowest BCUT2D eigenvalue weighted by Gasteiger charge is -2.60. The number of Topliss-reactive ketones (excluding diaryl/α,β-unsaturated/α-hetero) is 1.